The number of hydrazine groups is 1. The van der Waals surface area contributed by atoms with Crippen molar-refractivity contribution in [2.45, 2.75) is 59.8 Å². The first-order valence-corrected chi connectivity index (χ1v) is 11.0. The van der Waals surface area contributed by atoms with E-state index in [1.807, 2.05) is 27.7 Å². The number of anilines is 1. The summed E-state index contributed by atoms with van der Waals surface area (Å²) in [6.45, 7) is 13.6. The van der Waals surface area contributed by atoms with Crippen molar-refractivity contribution in [1.29, 1.82) is 0 Å². The van der Waals surface area contributed by atoms with E-state index in [0.29, 0.717) is 6.54 Å². The summed E-state index contributed by atoms with van der Waals surface area (Å²) in [7, 11) is 1.40. The lowest BCUT2D eigenvalue weighted by Crippen LogP contribution is -2.38. The Kier molecular flexibility index (Phi) is 5.55. The van der Waals surface area contributed by atoms with Gasteiger partial charge in [-0.2, -0.15) is 0 Å². The second-order valence-corrected chi connectivity index (χ2v) is 9.65. The third-order valence-electron chi connectivity index (χ3n) is 6.17. The molecular weight excluding hydrogens is 402 g/mol. The average molecular weight is 436 g/mol. The lowest BCUT2D eigenvalue weighted by molar-refractivity contribution is -0.164. The van der Waals surface area contributed by atoms with Gasteiger partial charge in [0.2, 0.25) is 0 Å². The van der Waals surface area contributed by atoms with Gasteiger partial charge in [-0.3, -0.25) is 0 Å². The van der Waals surface area contributed by atoms with Gasteiger partial charge in [0, 0.05) is 23.2 Å². The summed E-state index contributed by atoms with van der Waals surface area (Å²) >= 11 is 0. The number of hydrogen-bond acceptors (Lipinski definition) is 5. The minimum absolute atomic E-state index is 0.418. The van der Waals surface area contributed by atoms with Crippen molar-refractivity contribution in [2.24, 2.45) is 5.84 Å². The fourth-order valence-electron chi connectivity index (χ4n) is 4.76. The van der Waals surface area contributed by atoms with E-state index < -0.39 is 17.7 Å². The maximum Gasteiger partial charge on any atom is 0.339 e. The minimum Gasteiger partial charge on any atom is -0.467 e. The van der Waals surface area contributed by atoms with Gasteiger partial charge in [-0.1, -0.05) is 29.8 Å². The normalized spacial score (nSPS) is 14.7. The summed E-state index contributed by atoms with van der Waals surface area (Å²) in [6.07, 6.45) is -0.879. The molecule has 0 saturated heterocycles. The Morgan fingerprint density at radius 1 is 1.09 bits per heavy atom. The van der Waals surface area contributed by atoms with Crippen LogP contribution in [0.1, 0.15) is 49.3 Å². The highest BCUT2D eigenvalue weighted by molar-refractivity contribution is 6.07. The molecule has 0 saturated carbocycles. The summed E-state index contributed by atoms with van der Waals surface area (Å²) in [5.41, 5.74) is 7.64. The number of methoxy groups -OCH3 is 1. The molecule has 0 unspecified atom stereocenters. The molecule has 3 aromatic rings. The summed E-state index contributed by atoms with van der Waals surface area (Å²) in [4.78, 5) is 13.1. The minimum atomic E-state index is -0.879. The van der Waals surface area contributed by atoms with E-state index in [9.17, 15) is 4.79 Å². The van der Waals surface area contributed by atoms with Gasteiger partial charge < -0.3 is 19.0 Å². The second-order valence-electron chi connectivity index (χ2n) is 9.65. The number of nitrogens with two attached hydrogens (primary N) is 1. The van der Waals surface area contributed by atoms with Crippen LogP contribution in [-0.4, -0.2) is 29.8 Å². The van der Waals surface area contributed by atoms with Crippen LogP contribution < -0.4 is 10.9 Å². The van der Waals surface area contributed by atoms with Crippen molar-refractivity contribution in [3.63, 3.8) is 0 Å². The Hall–Kier alpha value is -2.83. The van der Waals surface area contributed by atoms with Crippen molar-refractivity contribution in [3.05, 3.63) is 52.7 Å². The van der Waals surface area contributed by atoms with E-state index in [1.165, 1.54) is 18.4 Å². The quantitative estimate of drug-likeness (QED) is 0.463. The topological polar surface area (TPSA) is 69.7 Å². The number of ether oxygens (including phenoxy) is 2. The van der Waals surface area contributed by atoms with E-state index in [1.54, 1.807) is 5.01 Å². The number of rotatable bonds is 4. The molecule has 1 aliphatic rings. The Balaban J connectivity index is 2.15. The lowest BCUT2D eigenvalue weighted by Gasteiger charge is -2.34. The van der Waals surface area contributed by atoms with Crippen molar-refractivity contribution >= 4 is 22.6 Å². The van der Waals surface area contributed by atoms with Crippen LogP contribution in [0.5, 0.6) is 0 Å². The fraction of sp³-hybridized carbons (Fsp3) is 0.423. The second kappa shape index (κ2) is 7.94. The molecule has 0 fully saturated rings. The van der Waals surface area contributed by atoms with E-state index in [0.717, 1.165) is 45.4 Å². The van der Waals surface area contributed by atoms with E-state index in [-0.39, 0.29) is 0 Å². The molecule has 0 aliphatic carbocycles. The predicted octanol–water partition coefficient (Wildman–Crippen LogP) is 4.96. The molecule has 1 aromatic heterocycles. The van der Waals surface area contributed by atoms with Crippen molar-refractivity contribution in [3.8, 4) is 11.1 Å². The van der Waals surface area contributed by atoms with Crippen LogP contribution in [0, 0.1) is 20.8 Å². The fourth-order valence-corrected chi connectivity index (χ4v) is 4.76. The number of esters is 1. The van der Waals surface area contributed by atoms with Gasteiger partial charge in [0.15, 0.2) is 6.10 Å². The van der Waals surface area contributed by atoms with Gasteiger partial charge in [-0.05, 0) is 64.3 Å². The standard InChI is InChI=1S/C26H33N3O3/c1-15-8-10-18(11-9-15)21-19-14-16(2)28-12-13-29(27)22(23(19)28)17(3)20(21)24(25(30)31-7)32-26(4,5)6/h8-11,14,24H,12-13,27H2,1-7H3/t24-/m0/s1. The zero-order valence-electron chi connectivity index (χ0n) is 20.1. The maximum atomic E-state index is 13.1. The predicted molar refractivity (Wildman–Crippen MR) is 129 cm³/mol. The molecule has 2 heterocycles. The zero-order valence-corrected chi connectivity index (χ0v) is 20.1. The number of carbonyl (C=O) groups is 1. The Bertz CT molecular complexity index is 1190. The van der Waals surface area contributed by atoms with Gasteiger partial charge in [-0.25, -0.2) is 10.6 Å². The monoisotopic (exact) mass is 435 g/mol. The van der Waals surface area contributed by atoms with Gasteiger partial charge >= 0.3 is 5.97 Å². The van der Waals surface area contributed by atoms with Crippen LogP contribution in [-0.2, 0) is 20.8 Å². The number of aryl methyl sites for hydroxylation is 2. The molecule has 2 aromatic carbocycles. The summed E-state index contributed by atoms with van der Waals surface area (Å²) in [5, 5.41) is 2.87. The molecule has 0 bridgehead atoms. The first-order valence-electron chi connectivity index (χ1n) is 11.0. The van der Waals surface area contributed by atoms with Crippen LogP contribution in [0.2, 0.25) is 0 Å². The van der Waals surface area contributed by atoms with Gasteiger partial charge in [0.25, 0.3) is 0 Å². The number of benzene rings is 2. The Labute approximate surface area is 189 Å². The first kappa shape index (κ1) is 22.4. The van der Waals surface area contributed by atoms with Crippen LogP contribution in [0.3, 0.4) is 0 Å². The number of carbonyl (C=O) groups excluding carboxylic acids is 1. The van der Waals surface area contributed by atoms with Crippen molar-refractivity contribution in [1.82, 2.24) is 4.57 Å². The summed E-state index contributed by atoms with van der Waals surface area (Å²) < 4.78 is 13.9. The molecule has 32 heavy (non-hydrogen) atoms. The number of nitrogens with zero attached hydrogens (tertiary/aromatic N) is 2. The highest BCUT2D eigenvalue weighted by Gasteiger charge is 2.36. The number of aromatic nitrogens is 1. The van der Waals surface area contributed by atoms with Gasteiger partial charge in [0.05, 0.1) is 30.5 Å². The van der Waals surface area contributed by atoms with Crippen LogP contribution in [0.15, 0.2) is 30.3 Å². The third-order valence-corrected chi connectivity index (χ3v) is 6.17. The molecule has 0 amide bonds. The molecule has 6 heteroatoms. The summed E-state index contributed by atoms with van der Waals surface area (Å²) in [6, 6.07) is 10.6. The Morgan fingerprint density at radius 2 is 1.75 bits per heavy atom. The summed E-state index contributed by atoms with van der Waals surface area (Å²) in [5.74, 6) is 6.07. The van der Waals surface area contributed by atoms with E-state index in [4.69, 9.17) is 15.3 Å². The maximum absolute atomic E-state index is 13.1. The van der Waals surface area contributed by atoms with Crippen molar-refractivity contribution in [2.75, 3.05) is 18.7 Å². The smallest absolute Gasteiger partial charge is 0.339 e. The van der Waals surface area contributed by atoms with Gasteiger partial charge in [0.1, 0.15) is 0 Å². The Morgan fingerprint density at radius 3 is 2.34 bits per heavy atom. The lowest BCUT2D eigenvalue weighted by atomic mass is 9.87. The molecule has 0 radical (unpaired) electrons. The molecule has 1 atom stereocenters. The molecule has 0 spiro atoms. The molecule has 6 nitrogen and oxygen atoms in total. The molecule has 4 rings (SSSR count). The molecule has 170 valence electrons. The third kappa shape index (κ3) is 3.67. The highest BCUT2D eigenvalue weighted by Crippen LogP contribution is 2.47. The SMILES string of the molecule is COC(=O)[C@@H](OC(C)(C)C)c1c(C)c2c3c(cc(C)n3CCN2N)c1-c1ccc(C)cc1. The zero-order chi connectivity index (χ0) is 23.4. The molecular formula is C26H33N3O3. The van der Waals surface area contributed by atoms with E-state index in [2.05, 4.69) is 48.7 Å². The van der Waals surface area contributed by atoms with Gasteiger partial charge in [-0.15, -0.1) is 0 Å². The number of hydrogen-bond donors (Lipinski definition) is 1. The first-order chi connectivity index (χ1) is 15.0. The molecule has 2 N–H and O–H groups in total. The van der Waals surface area contributed by atoms with Crippen LogP contribution in [0.25, 0.3) is 22.0 Å². The average Bonchev–Trinajstić information content (AvgIpc) is 3.05. The largest absolute Gasteiger partial charge is 0.467 e. The van der Waals surface area contributed by atoms with Crippen LogP contribution >= 0.6 is 0 Å². The molecule has 1 aliphatic heterocycles. The highest BCUT2D eigenvalue weighted by atomic mass is 16.6. The van der Waals surface area contributed by atoms with E-state index >= 15 is 0 Å². The van der Waals surface area contributed by atoms with Crippen LogP contribution in [0.4, 0.5) is 5.69 Å². The van der Waals surface area contributed by atoms with Crippen molar-refractivity contribution < 1.29 is 14.3 Å².